The maximum atomic E-state index is 12.6. The summed E-state index contributed by atoms with van der Waals surface area (Å²) in [6, 6.07) is 11.9. The molecular weight excluding hydrogens is 432 g/mol. The van der Waals surface area contributed by atoms with Crippen LogP contribution in [0.2, 0.25) is 0 Å². The largest absolute Gasteiger partial charge is 0.325 e. The van der Waals surface area contributed by atoms with Gasteiger partial charge < -0.3 is 10.2 Å². The zero-order chi connectivity index (χ0) is 19.6. The van der Waals surface area contributed by atoms with E-state index in [1.165, 1.54) is 13.0 Å². The Morgan fingerprint density at radius 1 is 1.19 bits per heavy atom. The van der Waals surface area contributed by atoms with Crippen LogP contribution in [0, 0.1) is 0 Å². The number of hydrogen-bond acceptors (Lipinski definition) is 4. The number of benzene rings is 2. The highest BCUT2D eigenvalue weighted by atomic mass is 79.9. The fraction of sp³-hybridized carbons (Fsp3) is 0.263. The van der Waals surface area contributed by atoms with E-state index in [0.717, 1.165) is 15.7 Å². The zero-order valence-electron chi connectivity index (χ0n) is 14.7. The van der Waals surface area contributed by atoms with Gasteiger partial charge in [-0.25, -0.2) is 8.42 Å². The van der Waals surface area contributed by atoms with Gasteiger partial charge in [-0.3, -0.25) is 9.59 Å². The molecule has 0 radical (unpaired) electrons. The minimum Gasteiger partial charge on any atom is -0.325 e. The van der Waals surface area contributed by atoms with Gasteiger partial charge >= 0.3 is 0 Å². The lowest BCUT2D eigenvalue weighted by Gasteiger charge is -2.15. The Labute approximate surface area is 166 Å². The van der Waals surface area contributed by atoms with Crippen LogP contribution in [0.15, 0.2) is 51.8 Å². The third-order valence-electron chi connectivity index (χ3n) is 4.43. The van der Waals surface area contributed by atoms with Crippen LogP contribution < -0.4 is 10.2 Å². The van der Waals surface area contributed by atoms with Crippen molar-refractivity contribution in [3.8, 4) is 0 Å². The highest BCUT2D eigenvalue weighted by molar-refractivity contribution is 9.10. The summed E-state index contributed by atoms with van der Waals surface area (Å²) in [5.74, 6) is -0.708. The number of halogens is 1. The molecule has 27 heavy (non-hydrogen) atoms. The summed E-state index contributed by atoms with van der Waals surface area (Å²) in [5, 5.41) is 2.70. The molecule has 142 valence electrons. The molecule has 2 amide bonds. The fourth-order valence-corrected chi connectivity index (χ4v) is 4.69. The zero-order valence-corrected chi connectivity index (χ0v) is 17.1. The topological polar surface area (TPSA) is 83.6 Å². The summed E-state index contributed by atoms with van der Waals surface area (Å²) in [6.45, 7) is 2.05. The van der Waals surface area contributed by atoms with Gasteiger partial charge in [-0.1, -0.05) is 12.1 Å². The molecule has 0 fully saturated rings. The lowest BCUT2D eigenvalue weighted by Crippen LogP contribution is -2.25. The molecular formula is C19H19BrN2O4S. The maximum absolute atomic E-state index is 12.6. The van der Waals surface area contributed by atoms with E-state index in [9.17, 15) is 18.0 Å². The smallest absolute Gasteiger partial charge is 0.225 e. The van der Waals surface area contributed by atoms with Crippen molar-refractivity contribution in [3.63, 3.8) is 0 Å². The van der Waals surface area contributed by atoms with Crippen molar-refractivity contribution in [1.29, 1.82) is 0 Å². The molecule has 2 aromatic carbocycles. The van der Waals surface area contributed by atoms with Crippen LogP contribution in [0.4, 0.5) is 11.4 Å². The molecule has 0 saturated heterocycles. The van der Waals surface area contributed by atoms with Gasteiger partial charge in [-0.2, -0.15) is 0 Å². The Balaban J connectivity index is 1.68. The first-order chi connectivity index (χ1) is 12.8. The number of nitrogens with zero attached hydrogens (tertiary/aromatic N) is 1. The second kappa shape index (κ2) is 7.82. The van der Waals surface area contributed by atoms with Crippen LogP contribution >= 0.6 is 15.9 Å². The lowest BCUT2D eigenvalue weighted by atomic mass is 10.2. The van der Waals surface area contributed by atoms with E-state index in [0.29, 0.717) is 18.7 Å². The average molecular weight is 451 g/mol. The monoisotopic (exact) mass is 450 g/mol. The number of sulfone groups is 1. The molecule has 2 aromatic rings. The molecule has 3 rings (SSSR count). The minimum absolute atomic E-state index is 0.0619. The van der Waals surface area contributed by atoms with Crippen molar-refractivity contribution in [2.75, 3.05) is 22.5 Å². The van der Waals surface area contributed by atoms with Gasteiger partial charge in [0.1, 0.15) is 0 Å². The molecule has 6 nitrogen and oxygen atoms in total. The van der Waals surface area contributed by atoms with E-state index in [1.807, 2.05) is 6.07 Å². The molecule has 1 aliphatic heterocycles. The molecule has 0 unspecified atom stereocenters. The van der Waals surface area contributed by atoms with E-state index < -0.39 is 9.84 Å². The van der Waals surface area contributed by atoms with Crippen molar-refractivity contribution in [2.24, 2.45) is 0 Å². The number of amides is 2. The second-order valence-electron chi connectivity index (χ2n) is 6.31. The van der Waals surface area contributed by atoms with Crippen molar-refractivity contribution in [2.45, 2.75) is 24.7 Å². The molecule has 0 aliphatic carbocycles. The molecule has 0 bridgehead atoms. The van der Waals surface area contributed by atoms with Crippen molar-refractivity contribution < 1.29 is 18.0 Å². The number of anilines is 2. The molecule has 0 aromatic heterocycles. The third-order valence-corrected chi connectivity index (χ3v) is 6.84. The van der Waals surface area contributed by atoms with E-state index in [2.05, 4.69) is 21.2 Å². The number of carbonyl (C=O) groups excluding carboxylic acids is 2. The second-order valence-corrected chi connectivity index (χ2v) is 9.27. The Morgan fingerprint density at radius 3 is 2.63 bits per heavy atom. The number of carbonyl (C=O) groups is 2. The first-order valence-corrected chi connectivity index (χ1v) is 10.9. The Morgan fingerprint density at radius 2 is 1.93 bits per heavy atom. The Bertz CT molecular complexity index is 1000. The third kappa shape index (κ3) is 4.39. The van der Waals surface area contributed by atoms with E-state index in [-0.39, 0.29) is 28.9 Å². The molecule has 0 atom stereocenters. The van der Waals surface area contributed by atoms with Crippen LogP contribution in [-0.2, 0) is 25.8 Å². The van der Waals surface area contributed by atoms with Crippen LogP contribution in [0.5, 0.6) is 0 Å². The highest BCUT2D eigenvalue weighted by Crippen LogP contribution is 2.30. The first-order valence-electron chi connectivity index (χ1n) is 8.46. The van der Waals surface area contributed by atoms with Gasteiger partial charge in [0.2, 0.25) is 11.8 Å². The maximum Gasteiger partial charge on any atom is 0.225 e. The van der Waals surface area contributed by atoms with Crippen molar-refractivity contribution in [3.05, 3.63) is 52.5 Å². The van der Waals surface area contributed by atoms with Crippen LogP contribution in [0.3, 0.4) is 0 Å². The summed E-state index contributed by atoms with van der Waals surface area (Å²) in [4.78, 5) is 25.5. The first kappa shape index (κ1) is 19.6. The van der Waals surface area contributed by atoms with Crippen molar-refractivity contribution in [1.82, 2.24) is 0 Å². The number of rotatable bonds is 5. The number of nitrogens with one attached hydrogen (secondary N) is 1. The quantitative estimate of drug-likeness (QED) is 0.757. The van der Waals surface area contributed by atoms with Crippen LogP contribution in [0.1, 0.15) is 18.9 Å². The Hall–Kier alpha value is -2.19. The summed E-state index contributed by atoms with van der Waals surface area (Å²) >= 11 is 3.33. The normalized spacial score (nSPS) is 13.3. The molecule has 1 N–H and O–H groups in total. The summed E-state index contributed by atoms with van der Waals surface area (Å²) in [5.41, 5.74) is 2.19. The van der Waals surface area contributed by atoms with Gasteiger partial charge in [0.25, 0.3) is 0 Å². The summed E-state index contributed by atoms with van der Waals surface area (Å²) in [6.07, 6.45) is 0.487. The van der Waals surface area contributed by atoms with Gasteiger partial charge in [0.15, 0.2) is 9.84 Å². The molecule has 0 spiro atoms. The van der Waals surface area contributed by atoms with E-state index >= 15 is 0 Å². The standard InChI is InChI=1S/C19H19BrN2O4S/c1-13(23)22-10-8-14-12-15(6-7-18(14)22)27(25,26)11-9-19(24)21-17-5-3-2-4-16(17)20/h2-7,12H,8-11H2,1H3,(H,21,24). The summed E-state index contributed by atoms with van der Waals surface area (Å²) in [7, 11) is -3.59. The molecule has 1 heterocycles. The van der Waals surface area contributed by atoms with Gasteiger partial charge in [-0.15, -0.1) is 0 Å². The average Bonchev–Trinajstić information content (AvgIpc) is 3.05. The van der Waals surface area contributed by atoms with Gasteiger partial charge in [0, 0.05) is 30.0 Å². The SMILES string of the molecule is CC(=O)N1CCc2cc(S(=O)(=O)CCC(=O)Nc3ccccc3Br)ccc21. The molecule has 1 aliphatic rings. The number of para-hydroxylation sites is 1. The van der Waals surface area contributed by atoms with Crippen molar-refractivity contribution >= 4 is 49.0 Å². The van der Waals surface area contributed by atoms with E-state index in [4.69, 9.17) is 0 Å². The number of hydrogen-bond donors (Lipinski definition) is 1. The number of fused-ring (bicyclic) bond motifs is 1. The van der Waals surface area contributed by atoms with Gasteiger partial charge in [0.05, 0.1) is 16.3 Å². The summed E-state index contributed by atoms with van der Waals surface area (Å²) < 4.78 is 25.9. The minimum atomic E-state index is -3.59. The predicted octanol–water partition coefficient (Wildman–Crippen LogP) is 3.16. The molecule has 0 saturated carbocycles. The lowest BCUT2D eigenvalue weighted by molar-refractivity contribution is -0.117. The van der Waals surface area contributed by atoms with Crippen LogP contribution in [-0.4, -0.2) is 32.5 Å². The highest BCUT2D eigenvalue weighted by Gasteiger charge is 2.25. The fourth-order valence-electron chi connectivity index (χ4n) is 3.02. The van der Waals surface area contributed by atoms with E-state index in [1.54, 1.807) is 35.2 Å². The Kier molecular flexibility index (Phi) is 5.67. The van der Waals surface area contributed by atoms with Crippen LogP contribution in [0.25, 0.3) is 0 Å². The predicted molar refractivity (Wildman–Crippen MR) is 108 cm³/mol. The van der Waals surface area contributed by atoms with Gasteiger partial charge in [-0.05, 0) is 58.2 Å². The molecule has 8 heteroatoms.